The van der Waals surface area contributed by atoms with Crippen LogP contribution in [0, 0.1) is 0 Å². The van der Waals surface area contributed by atoms with Crippen LogP contribution in [0.25, 0.3) is 0 Å². The molecule has 3 fully saturated rings. The maximum absolute atomic E-state index is 5.59. The van der Waals surface area contributed by atoms with E-state index in [1.807, 2.05) is 7.05 Å². The van der Waals surface area contributed by atoms with E-state index >= 15 is 0 Å². The van der Waals surface area contributed by atoms with Crippen LogP contribution in [0.1, 0.15) is 44.9 Å². The smallest absolute Gasteiger partial charge is 0.191 e. The predicted molar refractivity (Wildman–Crippen MR) is 103 cm³/mol. The first-order valence-corrected chi connectivity index (χ1v) is 10.2. The number of aliphatic imine (C=N–C) groups is 1. The summed E-state index contributed by atoms with van der Waals surface area (Å²) in [4.78, 5) is 9.60. The van der Waals surface area contributed by atoms with E-state index in [9.17, 15) is 0 Å². The molecule has 0 aromatic heterocycles. The molecule has 0 radical (unpaired) electrons. The first kappa shape index (κ1) is 18.9. The summed E-state index contributed by atoms with van der Waals surface area (Å²) < 4.78 is 5.59. The maximum Gasteiger partial charge on any atom is 0.191 e. The van der Waals surface area contributed by atoms with Crippen molar-refractivity contribution in [1.82, 2.24) is 20.4 Å². The molecular weight excluding hydrogens is 314 g/mol. The van der Waals surface area contributed by atoms with Gasteiger partial charge in [0.25, 0.3) is 0 Å². The SMILES string of the molecule is CN=C(NCC1CCCN1C)NCC1(N2CCOCC2)CCCCC1. The fourth-order valence-electron chi connectivity index (χ4n) is 4.77. The van der Waals surface area contributed by atoms with Crippen molar-refractivity contribution in [2.24, 2.45) is 4.99 Å². The minimum atomic E-state index is 0.282. The summed E-state index contributed by atoms with van der Waals surface area (Å²) in [7, 11) is 4.11. The molecule has 3 rings (SSSR count). The lowest BCUT2D eigenvalue weighted by molar-refractivity contribution is -0.0352. The van der Waals surface area contributed by atoms with Crippen molar-refractivity contribution < 1.29 is 4.74 Å². The van der Waals surface area contributed by atoms with Crippen LogP contribution in [0.2, 0.25) is 0 Å². The van der Waals surface area contributed by atoms with Gasteiger partial charge >= 0.3 is 0 Å². The first-order valence-electron chi connectivity index (χ1n) is 10.2. The van der Waals surface area contributed by atoms with E-state index in [0.29, 0.717) is 6.04 Å². The lowest BCUT2D eigenvalue weighted by Gasteiger charge is -2.48. The molecule has 1 unspecified atom stereocenters. The zero-order chi connectivity index (χ0) is 17.5. The van der Waals surface area contributed by atoms with E-state index in [-0.39, 0.29) is 5.54 Å². The van der Waals surface area contributed by atoms with Gasteiger partial charge < -0.3 is 20.3 Å². The van der Waals surface area contributed by atoms with Crippen LogP contribution in [0.3, 0.4) is 0 Å². The van der Waals surface area contributed by atoms with E-state index < -0.39 is 0 Å². The molecule has 0 aromatic carbocycles. The summed E-state index contributed by atoms with van der Waals surface area (Å²) in [6.07, 6.45) is 9.26. The maximum atomic E-state index is 5.59. The number of likely N-dealkylation sites (tertiary alicyclic amines) is 1. The second-order valence-electron chi connectivity index (χ2n) is 7.97. The average Bonchev–Trinajstić information content (AvgIpc) is 3.08. The molecule has 0 spiro atoms. The Labute approximate surface area is 153 Å². The minimum Gasteiger partial charge on any atom is -0.379 e. The number of nitrogens with one attached hydrogen (secondary N) is 2. The van der Waals surface area contributed by atoms with Crippen LogP contribution < -0.4 is 10.6 Å². The van der Waals surface area contributed by atoms with Crippen molar-refractivity contribution in [2.45, 2.75) is 56.5 Å². The lowest BCUT2D eigenvalue weighted by Crippen LogP contribution is -2.60. The Balaban J connectivity index is 1.53. The van der Waals surface area contributed by atoms with Crippen molar-refractivity contribution in [3.8, 4) is 0 Å². The predicted octanol–water partition coefficient (Wildman–Crippen LogP) is 1.28. The average molecular weight is 352 g/mol. The standard InChI is InChI=1S/C19H37N5O/c1-20-18(21-15-17-7-6-10-23(17)2)22-16-19(8-4-3-5-9-19)24-11-13-25-14-12-24/h17H,3-16H2,1-2H3,(H2,20,21,22). The molecule has 0 bridgehead atoms. The van der Waals surface area contributed by atoms with Crippen LogP contribution in [-0.2, 0) is 4.74 Å². The Morgan fingerprint density at radius 1 is 1.08 bits per heavy atom. The highest BCUT2D eigenvalue weighted by Crippen LogP contribution is 2.33. The zero-order valence-electron chi connectivity index (χ0n) is 16.2. The van der Waals surface area contributed by atoms with Crippen molar-refractivity contribution in [3.05, 3.63) is 0 Å². The molecule has 2 saturated heterocycles. The Kier molecular flexibility index (Phi) is 6.96. The Morgan fingerprint density at radius 2 is 1.84 bits per heavy atom. The van der Waals surface area contributed by atoms with Gasteiger partial charge in [0, 0.05) is 44.8 Å². The fourth-order valence-corrected chi connectivity index (χ4v) is 4.77. The van der Waals surface area contributed by atoms with Crippen molar-refractivity contribution in [1.29, 1.82) is 0 Å². The van der Waals surface area contributed by atoms with E-state index in [2.05, 4.69) is 32.5 Å². The number of morpholine rings is 1. The summed E-state index contributed by atoms with van der Waals surface area (Å²) in [6, 6.07) is 0.640. The highest BCUT2D eigenvalue weighted by Gasteiger charge is 2.38. The van der Waals surface area contributed by atoms with E-state index in [0.717, 1.165) is 45.4 Å². The Morgan fingerprint density at radius 3 is 2.48 bits per heavy atom. The zero-order valence-corrected chi connectivity index (χ0v) is 16.2. The van der Waals surface area contributed by atoms with Crippen LogP contribution in [0.15, 0.2) is 4.99 Å². The molecule has 2 heterocycles. The van der Waals surface area contributed by atoms with Crippen LogP contribution >= 0.6 is 0 Å². The number of guanidine groups is 1. The number of hydrogen-bond acceptors (Lipinski definition) is 4. The van der Waals surface area contributed by atoms with Gasteiger partial charge in [-0.3, -0.25) is 9.89 Å². The van der Waals surface area contributed by atoms with Gasteiger partial charge in [-0.1, -0.05) is 19.3 Å². The van der Waals surface area contributed by atoms with Crippen molar-refractivity contribution >= 4 is 5.96 Å². The van der Waals surface area contributed by atoms with Crippen LogP contribution in [0.5, 0.6) is 0 Å². The summed E-state index contributed by atoms with van der Waals surface area (Å²) >= 11 is 0. The summed E-state index contributed by atoms with van der Waals surface area (Å²) in [6.45, 7) is 7.10. The van der Waals surface area contributed by atoms with Crippen molar-refractivity contribution in [3.63, 3.8) is 0 Å². The van der Waals surface area contributed by atoms with Gasteiger partial charge in [0.1, 0.15) is 0 Å². The van der Waals surface area contributed by atoms with Crippen LogP contribution in [0.4, 0.5) is 0 Å². The lowest BCUT2D eigenvalue weighted by atomic mass is 9.80. The van der Waals surface area contributed by atoms with Gasteiger partial charge in [-0.15, -0.1) is 0 Å². The molecule has 0 aromatic rings. The van der Waals surface area contributed by atoms with Gasteiger partial charge in [0.2, 0.25) is 0 Å². The van der Waals surface area contributed by atoms with E-state index in [1.54, 1.807) is 0 Å². The molecule has 0 amide bonds. The summed E-state index contributed by atoms with van der Waals surface area (Å²) in [5, 5.41) is 7.21. The normalized spacial score (nSPS) is 28.9. The molecule has 2 N–H and O–H groups in total. The van der Waals surface area contributed by atoms with E-state index in [1.165, 1.54) is 51.5 Å². The van der Waals surface area contributed by atoms with Gasteiger partial charge in [-0.05, 0) is 39.3 Å². The number of nitrogens with zero attached hydrogens (tertiary/aromatic N) is 3. The Hall–Kier alpha value is -0.850. The molecule has 1 aliphatic carbocycles. The largest absolute Gasteiger partial charge is 0.379 e. The van der Waals surface area contributed by atoms with Gasteiger partial charge in [0.05, 0.1) is 13.2 Å². The summed E-state index contributed by atoms with van der Waals surface area (Å²) in [5.41, 5.74) is 0.282. The molecule has 1 saturated carbocycles. The second kappa shape index (κ2) is 9.19. The van der Waals surface area contributed by atoms with Crippen LogP contribution in [-0.4, -0.2) is 87.4 Å². The number of hydrogen-bond donors (Lipinski definition) is 2. The third-order valence-corrected chi connectivity index (χ3v) is 6.45. The highest BCUT2D eigenvalue weighted by molar-refractivity contribution is 5.79. The van der Waals surface area contributed by atoms with E-state index in [4.69, 9.17) is 4.74 Å². The topological polar surface area (TPSA) is 52.1 Å². The minimum absolute atomic E-state index is 0.282. The molecule has 6 heteroatoms. The Bertz CT molecular complexity index is 430. The monoisotopic (exact) mass is 351 g/mol. The first-order chi connectivity index (χ1) is 12.2. The molecule has 1 atom stereocenters. The fraction of sp³-hybridized carbons (Fsp3) is 0.947. The third-order valence-electron chi connectivity index (χ3n) is 6.45. The summed E-state index contributed by atoms with van der Waals surface area (Å²) in [5.74, 6) is 0.957. The molecule has 2 aliphatic heterocycles. The molecule has 25 heavy (non-hydrogen) atoms. The molecular formula is C19H37N5O. The number of rotatable bonds is 5. The highest BCUT2D eigenvalue weighted by atomic mass is 16.5. The van der Waals surface area contributed by atoms with Crippen molar-refractivity contribution in [2.75, 3.05) is 60.0 Å². The van der Waals surface area contributed by atoms with Gasteiger partial charge in [-0.25, -0.2) is 0 Å². The van der Waals surface area contributed by atoms with Gasteiger partial charge in [-0.2, -0.15) is 0 Å². The number of ether oxygens (including phenoxy) is 1. The van der Waals surface area contributed by atoms with Gasteiger partial charge in [0.15, 0.2) is 5.96 Å². The molecule has 6 nitrogen and oxygen atoms in total. The molecule has 3 aliphatic rings. The second-order valence-corrected chi connectivity index (χ2v) is 7.97. The quantitative estimate of drug-likeness (QED) is 0.577. The molecule has 144 valence electrons. The number of likely N-dealkylation sites (N-methyl/N-ethyl adjacent to an activating group) is 1. The third kappa shape index (κ3) is 4.86.